The fourth-order valence-electron chi connectivity index (χ4n) is 3.67. The minimum absolute atomic E-state index is 0.0678. The van der Waals surface area contributed by atoms with Gasteiger partial charge in [0.05, 0.1) is 6.42 Å². The first kappa shape index (κ1) is 21.1. The smallest absolute Gasteiger partial charge is 0.228 e. The van der Waals surface area contributed by atoms with Crippen LogP contribution in [0, 0.1) is 6.92 Å². The van der Waals surface area contributed by atoms with Crippen LogP contribution in [0.1, 0.15) is 11.1 Å². The van der Waals surface area contributed by atoms with Gasteiger partial charge >= 0.3 is 0 Å². The van der Waals surface area contributed by atoms with Crippen molar-refractivity contribution in [1.82, 2.24) is 19.9 Å². The van der Waals surface area contributed by atoms with Crippen molar-refractivity contribution in [2.75, 3.05) is 16.0 Å². The van der Waals surface area contributed by atoms with Crippen LogP contribution in [0.25, 0.3) is 10.9 Å². The number of carbonyl (C=O) groups excluding carboxylic acids is 1. The van der Waals surface area contributed by atoms with Crippen LogP contribution in [0.5, 0.6) is 0 Å². The summed E-state index contributed by atoms with van der Waals surface area (Å²) in [5.41, 5.74) is 4.68. The average molecular weight is 450 g/mol. The molecule has 0 unspecified atom stereocenters. The summed E-state index contributed by atoms with van der Waals surface area (Å²) in [6.07, 6.45) is 5.42. The molecule has 3 heterocycles. The van der Waals surface area contributed by atoms with Crippen LogP contribution >= 0.6 is 0 Å². The summed E-state index contributed by atoms with van der Waals surface area (Å²) >= 11 is 0. The van der Waals surface area contributed by atoms with Crippen molar-refractivity contribution in [2.24, 2.45) is 0 Å². The predicted octanol–water partition coefficient (Wildman–Crippen LogP) is 5.33. The molecule has 5 aromatic rings. The van der Waals surface area contributed by atoms with Crippen molar-refractivity contribution in [1.29, 1.82) is 0 Å². The van der Waals surface area contributed by atoms with Crippen molar-refractivity contribution in [3.63, 3.8) is 0 Å². The highest BCUT2D eigenvalue weighted by Crippen LogP contribution is 2.22. The topological polar surface area (TPSA) is 108 Å². The lowest BCUT2D eigenvalue weighted by molar-refractivity contribution is -0.115. The van der Waals surface area contributed by atoms with Gasteiger partial charge in [0.2, 0.25) is 5.91 Å². The maximum absolute atomic E-state index is 12.5. The van der Waals surface area contributed by atoms with Gasteiger partial charge in [-0.2, -0.15) is 0 Å². The summed E-state index contributed by atoms with van der Waals surface area (Å²) < 4.78 is 0. The molecule has 0 saturated heterocycles. The fraction of sp³-hybridized carbons (Fsp3) is 0.0769. The molecule has 1 amide bonds. The van der Waals surface area contributed by atoms with Gasteiger partial charge in [-0.05, 0) is 60.5 Å². The number of hydrogen-bond acceptors (Lipinski definition) is 6. The normalized spacial score (nSPS) is 10.7. The van der Waals surface area contributed by atoms with E-state index in [4.69, 9.17) is 0 Å². The van der Waals surface area contributed by atoms with Gasteiger partial charge in [-0.25, -0.2) is 15.0 Å². The fourth-order valence-corrected chi connectivity index (χ4v) is 3.67. The second-order valence-electron chi connectivity index (χ2n) is 7.92. The molecule has 0 radical (unpaired) electrons. The van der Waals surface area contributed by atoms with Crippen molar-refractivity contribution in [3.8, 4) is 0 Å². The standard InChI is InChI=1S/C26H23N7O/c1-17-10-11-27-23(12-17)33-25-14-24(29-16-30-25)31-19-6-8-20(9-7-19)32-26(34)13-18-15-28-22-5-3-2-4-21(18)22/h2-12,14-16,28H,13H2,1H3,(H,32,34)(H2,27,29,30,31,33). The number of aromatic nitrogens is 4. The Labute approximate surface area is 196 Å². The highest BCUT2D eigenvalue weighted by Gasteiger charge is 2.09. The Morgan fingerprint density at radius 2 is 1.59 bits per heavy atom. The molecule has 34 heavy (non-hydrogen) atoms. The molecule has 0 spiro atoms. The zero-order chi connectivity index (χ0) is 23.3. The SMILES string of the molecule is Cc1ccnc(Nc2cc(Nc3ccc(NC(=O)Cc4c[nH]c5ccccc45)cc3)ncn2)c1. The Kier molecular flexibility index (Phi) is 5.85. The third kappa shape index (κ3) is 5.02. The molecular formula is C26H23N7O. The van der Waals surface area contributed by atoms with E-state index in [1.807, 2.05) is 73.8 Å². The van der Waals surface area contributed by atoms with Crippen LogP contribution in [-0.4, -0.2) is 25.8 Å². The van der Waals surface area contributed by atoms with Crippen LogP contribution in [0.2, 0.25) is 0 Å². The molecule has 4 N–H and O–H groups in total. The zero-order valence-electron chi connectivity index (χ0n) is 18.5. The van der Waals surface area contributed by atoms with E-state index in [0.29, 0.717) is 18.1 Å². The lowest BCUT2D eigenvalue weighted by Gasteiger charge is -2.10. The second-order valence-corrected chi connectivity index (χ2v) is 7.92. The van der Waals surface area contributed by atoms with E-state index >= 15 is 0 Å². The lowest BCUT2D eigenvalue weighted by atomic mass is 10.1. The van der Waals surface area contributed by atoms with Gasteiger partial charge in [0.1, 0.15) is 23.8 Å². The number of nitrogens with one attached hydrogen (secondary N) is 4. The summed E-state index contributed by atoms with van der Waals surface area (Å²) in [6.45, 7) is 2.01. The van der Waals surface area contributed by atoms with E-state index in [1.165, 1.54) is 6.33 Å². The Balaban J connectivity index is 1.20. The van der Waals surface area contributed by atoms with E-state index < -0.39 is 0 Å². The number of carbonyl (C=O) groups is 1. The molecule has 8 heteroatoms. The van der Waals surface area contributed by atoms with Gasteiger partial charge in [-0.3, -0.25) is 4.79 Å². The molecule has 0 atom stereocenters. The minimum atomic E-state index is -0.0678. The first-order chi connectivity index (χ1) is 16.6. The number of H-pyrrole nitrogens is 1. The van der Waals surface area contributed by atoms with E-state index in [0.717, 1.165) is 39.2 Å². The third-order valence-electron chi connectivity index (χ3n) is 5.31. The Morgan fingerprint density at radius 3 is 2.41 bits per heavy atom. The van der Waals surface area contributed by atoms with E-state index in [2.05, 4.69) is 35.9 Å². The molecule has 0 fully saturated rings. The number of fused-ring (bicyclic) bond motifs is 1. The summed E-state index contributed by atoms with van der Waals surface area (Å²) in [5.74, 6) is 1.93. The lowest BCUT2D eigenvalue weighted by Crippen LogP contribution is -2.14. The first-order valence-electron chi connectivity index (χ1n) is 10.9. The van der Waals surface area contributed by atoms with Gasteiger partial charge in [-0.15, -0.1) is 0 Å². The Bertz CT molecular complexity index is 1440. The van der Waals surface area contributed by atoms with Gasteiger partial charge in [0.15, 0.2) is 0 Å². The largest absolute Gasteiger partial charge is 0.361 e. The quantitative estimate of drug-likeness (QED) is 0.268. The van der Waals surface area contributed by atoms with Crippen LogP contribution < -0.4 is 16.0 Å². The van der Waals surface area contributed by atoms with Gasteiger partial charge in [0.25, 0.3) is 0 Å². The van der Waals surface area contributed by atoms with Crippen LogP contribution in [0.4, 0.5) is 28.8 Å². The van der Waals surface area contributed by atoms with Crippen molar-refractivity contribution in [2.45, 2.75) is 13.3 Å². The number of pyridine rings is 1. The van der Waals surface area contributed by atoms with Gasteiger partial charge in [-0.1, -0.05) is 18.2 Å². The number of nitrogens with zero attached hydrogens (tertiary/aromatic N) is 3. The number of amides is 1. The molecule has 0 aliphatic rings. The maximum atomic E-state index is 12.5. The molecule has 8 nitrogen and oxygen atoms in total. The van der Waals surface area contributed by atoms with Gasteiger partial charge in [0, 0.05) is 40.7 Å². The summed E-state index contributed by atoms with van der Waals surface area (Å²) in [5, 5.41) is 10.4. The monoisotopic (exact) mass is 449 g/mol. The first-order valence-corrected chi connectivity index (χ1v) is 10.9. The predicted molar refractivity (Wildman–Crippen MR) is 135 cm³/mol. The second kappa shape index (κ2) is 9.41. The number of anilines is 5. The van der Waals surface area contributed by atoms with Gasteiger partial charge < -0.3 is 20.9 Å². The van der Waals surface area contributed by atoms with Crippen molar-refractivity contribution < 1.29 is 4.79 Å². The number of benzene rings is 2. The number of aromatic amines is 1. The van der Waals surface area contributed by atoms with Crippen molar-refractivity contribution >= 4 is 45.6 Å². The number of para-hydroxylation sites is 1. The van der Waals surface area contributed by atoms with E-state index in [9.17, 15) is 4.79 Å². The molecule has 0 bridgehead atoms. The van der Waals surface area contributed by atoms with Crippen LogP contribution in [0.3, 0.4) is 0 Å². The molecule has 168 valence electrons. The molecular weight excluding hydrogens is 426 g/mol. The Hall–Kier alpha value is -4.72. The van der Waals surface area contributed by atoms with Crippen LogP contribution in [0.15, 0.2) is 85.5 Å². The number of hydrogen-bond donors (Lipinski definition) is 4. The summed E-state index contributed by atoms with van der Waals surface area (Å²) in [6, 6.07) is 21.1. The number of aryl methyl sites for hydroxylation is 1. The third-order valence-corrected chi connectivity index (χ3v) is 5.31. The Morgan fingerprint density at radius 1 is 0.853 bits per heavy atom. The molecule has 0 aliphatic carbocycles. The zero-order valence-corrected chi connectivity index (χ0v) is 18.5. The molecule has 2 aromatic carbocycles. The summed E-state index contributed by atoms with van der Waals surface area (Å²) in [7, 11) is 0. The highest BCUT2D eigenvalue weighted by atomic mass is 16.1. The average Bonchev–Trinajstić information content (AvgIpc) is 3.23. The minimum Gasteiger partial charge on any atom is -0.361 e. The van der Waals surface area contributed by atoms with E-state index in [-0.39, 0.29) is 5.91 Å². The molecule has 3 aromatic heterocycles. The number of rotatable bonds is 7. The van der Waals surface area contributed by atoms with E-state index in [1.54, 1.807) is 12.3 Å². The highest BCUT2D eigenvalue weighted by molar-refractivity contribution is 5.95. The van der Waals surface area contributed by atoms with Crippen LogP contribution in [-0.2, 0) is 11.2 Å². The molecule has 5 rings (SSSR count). The molecule has 0 saturated carbocycles. The maximum Gasteiger partial charge on any atom is 0.228 e. The van der Waals surface area contributed by atoms with Crippen molar-refractivity contribution in [3.05, 3.63) is 96.6 Å². The molecule has 0 aliphatic heterocycles. The summed E-state index contributed by atoms with van der Waals surface area (Å²) in [4.78, 5) is 28.6.